The van der Waals surface area contributed by atoms with Crippen LogP contribution in [0.1, 0.15) is 6.92 Å². The lowest BCUT2D eigenvalue weighted by Gasteiger charge is -2.05. The topological polar surface area (TPSA) is 63.7 Å². The summed E-state index contributed by atoms with van der Waals surface area (Å²) in [5.41, 5.74) is 2.63. The molecular weight excluding hydrogens is 228 g/mol. The SMILES string of the molecule is CCOc1ccnc2[nH]cc(-c3ccncn3)c12. The number of hydrogen-bond acceptors (Lipinski definition) is 4. The zero-order chi connectivity index (χ0) is 12.4. The van der Waals surface area contributed by atoms with E-state index >= 15 is 0 Å². The maximum Gasteiger partial charge on any atom is 0.141 e. The van der Waals surface area contributed by atoms with Gasteiger partial charge in [0.1, 0.15) is 17.7 Å². The van der Waals surface area contributed by atoms with Gasteiger partial charge in [-0.2, -0.15) is 0 Å². The molecule has 0 unspecified atom stereocenters. The van der Waals surface area contributed by atoms with Gasteiger partial charge in [-0.25, -0.2) is 15.0 Å². The van der Waals surface area contributed by atoms with Gasteiger partial charge in [0.2, 0.25) is 0 Å². The molecule has 0 aliphatic heterocycles. The molecular formula is C13H12N4O. The molecule has 0 saturated carbocycles. The molecule has 3 rings (SSSR count). The highest BCUT2D eigenvalue weighted by atomic mass is 16.5. The smallest absolute Gasteiger partial charge is 0.141 e. The molecule has 0 fully saturated rings. The number of nitrogens with zero attached hydrogens (tertiary/aromatic N) is 3. The first kappa shape index (κ1) is 10.7. The van der Waals surface area contributed by atoms with Crippen LogP contribution in [0, 0.1) is 0 Å². The molecule has 1 N–H and O–H groups in total. The molecule has 3 heterocycles. The van der Waals surface area contributed by atoms with Crippen molar-refractivity contribution in [1.82, 2.24) is 19.9 Å². The number of hydrogen-bond donors (Lipinski definition) is 1. The van der Waals surface area contributed by atoms with E-state index < -0.39 is 0 Å². The quantitative estimate of drug-likeness (QED) is 0.763. The first-order chi connectivity index (χ1) is 8.90. The maximum atomic E-state index is 5.64. The average molecular weight is 240 g/mol. The Bertz CT molecular complexity index is 663. The van der Waals surface area contributed by atoms with E-state index in [0.717, 1.165) is 28.0 Å². The first-order valence-corrected chi connectivity index (χ1v) is 5.75. The highest BCUT2D eigenvalue weighted by Crippen LogP contribution is 2.32. The summed E-state index contributed by atoms with van der Waals surface area (Å²) >= 11 is 0. The zero-order valence-corrected chi connectivity index (χ0v) is 9.92. The molecule has 0 radical (unpaired) electrons. The number of nitrogens with one attached hydrogen (secondary N) is 1. The van der Waals surface area contributed by atoms with E-state index in [1.54, 1.807) is 12.4 Å². The fourth-order valence-electron chi connectivity index (χ4n) is 1.95. The Morgan fingerprint density at radius 3 is 2.94 bits per heavy atom. The minimum atomic E-state index is 0.619. The number of fused-ring (bicyclic) bond motifs is 1. The fraction of sp³-hybridized carbons (Fsp3) is 0.154. The van der Waals surface area contributed by atoms with E-state index in [0.29, 0.717) is 6.61 Å². The van der Waals surface area contributed by atoms with Crippen molar-refractivity contribution in [2.24, 2.45) is 0 Å². The van der Waals surface area contributed by atoms with Crippen molar-refractivity contribution in [3.05, 3.63) is 37.1 Å². The molecule has 0 bridgehead atoms. The lowest BCUT2D eigenvalue weighted by atomic mass is 10.1. The Hall–Kier alpha value is -2.43. The average Bonchev–Trinajstić information content (AvgIpc) is 2.85. The summed E-state index contributed by atoms with van der Waals surface area (Å²) in [6.45, 7) is 2.58. The largest absolute Gasteiger partial charge is 0.493 e. The number of aromatic amines is 1. The Kier molecular flexibility index (Phi) is 2.64. The predicted octanol–water partition coefficient (Wildman–Crippen LogP) is 2.42. The third-order valence-electron chi connectivity index (χ3n) is 2.69. The summed E-state index contributed by atoms with van der Waals surface area (Å²) in [6, 6.07) is 3.73. The lowest BCUT2D eigenvalue weighted by Crippen LogP contribution is -1.93. The van der Waals surface area contributed by atoms with E-state index in [9.17, 15) is 0 Å². The highest BCUT2D eigenvalue weighted by molar-refractivity contribution is 5.97. The van der Waals surface area contributed by atoms with Gasteiger partial charge in [0, 0.05) is 24.2 Å². The van der Waals surface area contributed by atoms with E-state index in [2.05, 4.69) is 19.9 Å². The standard InChI is InChI=1S/C13H12N4O/c1-2-18-11-4-6-15-13-12(11)9(7-16-13)10-3-5-14-8-17-10/h3-8H,2H2,1H3,(H,15,16). The van der Waals surface area contributed by atoms with Crippen molar-refractivity contribution in [3.63, 3.8) is 0 Å². The fourth-order valence-corrected chi connectivity index (χ4v) is 1.95. The molecule has 3 aromatic rings. The predicted molar refractivity (Wildman–Crippen MR) is 68.3 cm³/mol. The lowest BCUT2D eigenvalue weighted by molar-refractivity contribution is 0.344. The van der Waals surface area contributed by atoms with Gasteiger partial charge in [0.05, 0.1) is 17.7 Å². The van der Waals surface area contributed by atoms with E-state index in [4.69, 9.17) is 4.74 Å². The van der Waals surface area contributed by atoms with Crippen LogP contribution >= 0.6 is 0 Å². The molecule has 90 valence electrons. The Morgan fingerprint density at radius 2 is 2.17 bits per heavy atom. The number of H-pyrrole nitrogens is 1. The molecule has 0 aliphatic rings. The van der Waals surface area contributed by atoms with Gasteiger partial charge in [-0.1, -0.05) is 0 Å². The van der Waals surface area contributed by atoms with E-state index in [-0.39, 0.29) is 0 Å². The molecule has 0 aromatic carbocycles. The van der Waals surface area contributed by atoms with Gasteiger partial charge in [-0.3, -0.25) is 0 Å². The molecule has 0 atom stereocenters. The second-order valence-corrected chi connectivity index (χ2v) is 3.76. The van der Waals surface area contributed by atoms with Crippen LogP contribution in [0.2, 0.25) is 0 Å². The second-order valence-electron chi connectivity index (χ2n) is 3.76. The maximum absolute atomic E-state index is 5.64. The summed E-state index contributed by atoms with van der Waals surface area (Å²) in [4.78, 5) is 15.6. The Balaban J connectivity index is 2.24. The minimum absolute atomic E-state index is 0.619. The van der Waals surface area contributed by atoms with Gasteiger partial charge in [0.25, 0.3) is 0 Å². The van der Waals surface area contributed by atoms with Crippen molar-refractivity contribution in [2.45, 2.75) is 6.92 Å². The summed E-state index contributed by atoms with van der Waals surface area (Å²) in [6.07, 6.45) is 6.87. The number of aromatic nitrogens is 4. The summed E-state index contributed by atoms with van der Waals surface area (Å²) < 4.78 is 5.64. The Morgan fingerprint density at radius 1 is 1.22 bits per heavy atom. The number of ether oxygens (including phenoxy) is 1. The minimum Gasteiger partial charge on any atom is -0.493 e. The van der Waals surface area contributed by atoms with Crippen LogP contribution in [0.3, 0.4) is 0 Å². The van der Waals surface area contributed by atoms with Crippen LogP contribution in [0.4, 0.5) is 0 Å². The van der Waals surface area contributed by atoms with Crippen LogP contribution in [0.5, 0.6) is 5.75 Å². The molecule has 0 amide bonds. The molecule has 0 spiro atoms. The Labute approximate surface area is 104 Å². The molecule has 18 heavy (non-hydrogen) atoms. The van der Waals surface area contributed by atoms with Crippen molar-refractivity contribution >= 4 is 11.0 Å². The summed E-state index contributed by atoms with van der Waals surface area (Å²) in [5, 5.41) is 0.957. The van der Waals surface area contributed by atoms with Crippen LogP contribution in [0.15, 0.2) is 37.1 Å². The van der Waals surface area contributed by atoms with Crippen LogP contribution in [-0.2, 0) is 0 Å². The van der Waals surface area contributed by atoms with E-state index in [1.165, 1.54) is 6.33 Å². The van der Waals surface area contributed by atoms with Crippen LogP contribution in [0.25, 0.3) is 22.3 Å². The molecule has 3 aromatic heterocycles. The van der Waals surface area contributed by atoms with Gasteiger partial charge < -0.3 is 9.72 Å². The monoisotopic (exact) mass is 240 g/mol. The third kappa shape index (κ3) is 1.69. The first-order valence-electron chi connectivity index (χ1n) is 5.75. The zero-order valence-electron chi connectivity index (χ0n) is 9.92. The molecule has 0 saturated heterocycles. The van der Waals surface area contributed by atoms with Crippen molar-refractivity contribution in [1.29, 1.82) is 0 Å². The normalized spacial score (nSPS) is 10.7. The van der Waals surface area contributed by atoms with Crippen LogP contribution < -0.4 is 4.74 Å². The molecule has 0 aliphatic carbocycles. The second kappa shape index (κ2) is 4.44. The number of rotatable bonds is 3. The summed E-state index contributed by atoms with van der Waals surface area (Å²) in [5.74, 6) is 0.817. The van der Waals surface area contributed by atoms with Crippen molar-refractivity contribution in [2.75, 3.05) is 6.61 Å². The van der Waals surface area contributed by atoms with Gasteiger partial charge in [-0.15, -0.1) is 0 Å². The third-order valence-corrected chi connectivity index (χ3v) is 2.69. The van der Waals surface area contributed by atoms with Gasteiger partial charge >= 0.3 is 0 Å². The highest BCUT2D eigenvalue weighted by Gasteiger charge is 2.12. The molecule has 5 heteroatoms. The van der Waals surface area contributed by atoms with Crippen molar-refractivity contribution in [3.8, 4) is 17.0 Å². The van der Waals surface area contributed by atoms with Crippen LogP contribution in [-0.4, -0.2) is 26.5 Å². The molecule has 5 nitrogen and oxygen atoms in total. The van der Waals surface area contributed by atoms with Crippen molar-refractivity contribution < 1.29 is 4.74 Å². The van der Waals surface area contributed by atoms with E-state index in [1.807, 2.05) is 25.3 Å². The van der Waals surface area contributed by atoms with Gasteiger partial charge in [-0.05, 0) is 19.1 Å². The number of pyridine rings is 1. The van der Waals surface area contributed by atoms with Gasteiger partial charge in [0.15, 0.2) is 0 Å². The summed E-state index contributed by atoms with van der Waals surface area (Å²) in [7, 11) is 0.